The average molecular weight is 397 g/mol. The molecule has 6 heteroatoms. The van der Waals surface area contributed by atoms with Gasteiger partial charge in [-0.15, -0.1) is 11.3 Å². The van der Waals surface area contributed by atoms with Gasteiger partial charge in [0, 0.05) is 15.4 Å². The van der Waals surface area contributed by atoms with Crippen molar-refractivity contribution in [2.75, 3.05) is 0 Å². The lowest BCUT2D eigenvalue weighted by Crippen LogP contribution is -2.13. The molecule has 0 saturated heterocycles. The Labute approximate surface area is 124 Å². The molecule has 0 amide bonds. The van der Waals surface area contributed by atoms with Crippen molar-refractivity contribution in [3.05, 3.63) is 54.6 Å². The molecule has 1 heterocycles. The van der Waals surface area contributed by atoms with Crippen LogP contribution in [0.2, 0.25) is 0 Å². The van der Waals surface area contributed by atoms with Gasteiger partial charge in [0.1, 0.15) is 0 Å². The van der Waals surface area contributed by atoms with Gasteiger partial charge < -0.3 is 5.73 Å². The first-order valence-electron chi connectivity index (χ1n) is 5.12. The molecule has 2 aromatic rings. The van der Waals surface area contributed by atoms with Crippen LogP contribution in [0.25, 0.3) is 0 Å². The van der Waals surface area contributed by atoms with Gasteiger partial charge in [-0.1, -0.05) is 12.1 Å². The van der Waals surface area contributed by atoms with Crippen LogP contribution in [-0.4, -0.2) is 0 Å². The Morgan fingerprint density at radius 3 is 2.61 bits per heavy atom. The number of hydrogen-bond acceptors (Lipinski definition) is 2. The number of halogens is 4. The van der Waals surface area contributed by atoms with E-state index < -0.39 is 11.6 Å². The van der Waals surface area contributed by atoms with Crippen LogP contribution in [0.3, 0.4) is 0 Å². The molecule has 0 aliphatic heterocycles. The Morgan fingerprint density at radius 2 is 2.00 bits per heavy atom. The molecule has 0 spiro atoms. The molecule has 0 fully saturated rings. The van der Waals surface area contributed by atoms with Crippen LogP contribution >= 0.6 is 43.2 Å². The average Bonchev–Trinajstić information content (AvgIpc) is 2.66. The maximum absolute atomic E-state index is 13.5. The standard InChI is InChI=1S/C12H9Br2F2NS/c13-7-5-10(18-12(7)14)9(17)4-6-2-1-3-8(15)11(6)16/h1-3,5,9H,4,17H2. The first-order valence-corrected chi connectivity index (χ1v) is 7.52. The van der Waals surface area contributed by atoms with Gasteiger partial charge in [0.15, 0.2) is 11.6 Å². The minimum Gasteiger partial charge on any atom is -0.323 e. The van der Waals surface area contributed by atoms with Crippen LogP contribution in [0.5, 0.6) is 0 Å². The maximum Gasteiger partial charge on any atom is 0.162 e. The monoisotopic (exact) mass is 395 g/mol. The van der Waals surface area contributed by atoms with Gasteiger partial charge in [0.25, 0.3) is 0 Å². The molecule has 1 aromatic carbocycles. The van der Waals surface area contributed by atoms with E-state index in [1.165, 1.54) is 17.4 Å². The third-order valence-corrected chi connectivity index (χ3v) is 5.89. The van der Waals surface area contributed by atoms with E-state index in [1.807, 2.05) is 6.07 Å². The van der Waals surface area contributed by atoms with Crippen LogP contribution in [0.15, 0.2) is 32.5 Å². The number of thiophene rings is 1. The molecule has 1 unspecified atom stereocenters. The van der Waals surface area contributed by atoms with Crippen LogP contribution in [0.4, 0.5) is 8.78 Å². The van der Waals surface area contributed by atoms with Crippen molar-refractivity contribution in [3.63, 3.8) is 0 Å². The predicted octanol–water partition coefficient (Wildman–Crippen LogP) is 4.79. The largest absolute Gasteiger partial charge is 0.323 e. The van der Waals surface area contributed by atoms with Gasteiger partial charge in [-0.25, -0.2) is 8.78 Å². The lowest BCUT2D eigenvalue weighted by molar-refractivity contribution is 0.494. The second-order valence-electron chi connectivity index (χ2n) is 3.79. The summed E-state index contributed by atoms with van der Waals surface area (Å²) in [5, 5.41) is 0. The first kappa shape index (κ1) is 14.1. The van der Waals surface area contributed by atoms with E-state index in [0.29, 0.717) is 5.56 Å². The SMILES string of the molecule is NC(Cc1cccc(F)c1F)c1cc(Br)c(Br)s1. The summed E-state index contributed by atoms with van der Waals surface area (Å²) in [6.45, 7) is 0. The van der Waals surface area contributed by atoms with E-state index in [2.05, 4.69) is 31.9 Å². The highest BCUT2D eigenvalue weighted by Crippen LogP contribution is 2.35. The van der Waals surface area contributed by atoms with Gasteiger partial charge in [0.2, 0.25) is 0 Å². The first-order chi connectivity index (χ1) is 8.49. The third-order valence-electron chi connectivity index (χ3n) is 2.50. The molecule has 1 aromatic heterocycles. The second-order valence-corrected chi connectivity index (χ2v) is 7.05. The van der Waals surface area contributed by atoms with Crippen molar-refractivity contribution in [1.29, 1.82) is 0 Å². The summed E-state index contributed by atoms with van der Waals surface area (Å²) in [6.07, 6.45) is 0.267. The summed E-state index contributed by atoms with van der Waals surface area (Å²) < 4.78 is 28.4. The summed E-state index contributed by atoms with van der Waals surface area (Å²) in [6, 6.07) is 5.67. The van der Waals surface area contributed by atoms with Gasteiger partial charge in [-0.05, 0) is 56.0 Å². The van der Waals surface area contributed by atoms with Crippen LogP contribution in [-0.2, 0) is 6.42 Å². The fraction of sp³-hybridized carbons (Fsp3) is 0.167. The van der Waals surface area contributed by atoms with Crippen molar-refractivity contribution in [2.45, 2.75) is 12.5 Å². The van der Waals surface area contributed by atoms with Gasteiger partial charge in [-0.3, -0.25) is 0 Å². The topological polar surface area (TPSA) is 26.0 Å². The van der Waals surface area contributed by atoms with E-state index in [1.54, 1.807) is 6.07 Å². The highest BCUT2D eigenvalue weighted by molar-refractivity contribution is 9.13. The number of hydrogen-bond donors (Lipinski definition) is 1. The fourth-order valence-corrected chi connectivity index (χ4v) is 3.68. The number of nitrogens with two attached hydrogens (primary N) is 1. The van der Waals surface area contributed by atoms with E-state index in [4.69, 9.17) is 5.73 Å². The molecule has 0 aliphatic carbocycles. The molecule has 1 atom stereocenters. The maximum atomic E-state index is 13.5. The van der Waals surface area contributed by atoms with Gasteiger partial charge in [-0.2, -0.15) is 0 Å². The normalized spacial score (nSPS) is 12.7. The van der Waals surface area contributed by atoms with Crippen molar-refractivity contribution in [3.8, 4) is 0 Å². The minimum absolute atomic E-state index is 0.267. The molecule has 18 heavy (non-hydrogen) atoms. The van der Waals surface area contributed by atoms with Crippen molar-refractivity contribution < 1.29 is 8.78 Å². The molecule has 2 rings (SSSR count). The van der Waals surface area contributed by atoms with E-state index in [-0.39, 0.29) is 12.5 Å². The van der Waals surface area contributed by atoms with Crippen LogP contribution in [0, 0.1) is 11.6 Å². The molecule has 0 radical (unpaired) electrons. The van der Waals surface area contributed by atoms with E-state index in [9.17, 15) is 8.78 Å². The summed E-state index contributed by atoms with van der Waals surface area (Å²) in [4.78, 5) is 0.914. The molecule has 0 aliphatic rings. The zero-order chi connectivity index (χ0) is 13.3. The summed E-state index contributed by atoms with van der Waals surface area (Å²) in [5.74, 6) is -1.66. The fourth-order valence-electron chi connectivity index (χ4n) is 1.59. The van der Waals surface area contributed by atoms with Gasteiger partial charge >= 0.3 is 0 Å². The summed E-state index contributed by atoms with van der Waals surface area (Å²) >= 11 is 8.23. The van der Waals surface area contributed by atoms with E-state index in [0.717, 1.165) is 19.2 Å². The van der Waals surface area contributed by atoms with E-state index >= 15 is 0 Å². The minimum atomic E-state index is -0.840. The van der Waals surface area contributed by atoms with Gasteiger partial charge in [0.05, 0.1) is 3.79 Å². The number of rotatable bonds is 3. The lowest BCUT2D eigenvalue weighted by atomic mass is 10.0. The summed E-state index contributed by atoms with van der Waals surface area (Å²) in [5.41, 5.74) is 6.30. The zero-order valence-electron chi connectivity index (χ0n) is 9.09. The Morgan fingerprint density at radius 1 is 1.28 bits per heavy atom. The quantitative estimate of drug-likeness (QED) is 0.792. The Kier molecular flexibility index (Phi) is 4.53. The lowest BCUT2D eigenvalue weighted by Gasteiger charge is -2.10. The Hall–Kier alpha value is -0.300. The van der Waals surface area contributed by atoms with Crippen LogP contribution < -0.4 is 5.73 Å². The Bertz CT molecular complexity index is 552. The predicted molar refractivity (Wildman–Crippen MR) is 76.7 cm³/mol. The van der Waals surface area contributed by atoms with Crippen molar-refractivity contribution in [2.24, 2.45) is 5.73 Å². The zero-order valence-corrected chi connectivity index (χ0v) is 13.1. The molecule has 1 nitrogen and oxygen atoms in total. The van der Waals surface area contributed by atoms with Crippen molar-refractivity contribution >= 4 is 43.2 Å². The summed E-state index contributed by atoms with van der Waals surface area (Å²) in [7, 11) is 0. The second kappa shape index (κ2) is 5.77. The highest BCUT2D eigenvalue weighted by Gasteiger charge is 2.15. The van der Waals surface area contributed by atoms with Crippen molar-refractivity contribution in [1.82, 2.24) is 0 Å². The molecular weight excluding hydrogens is 388 g/mol. The Balaban J connectivity index is 2.21. The smallest absolute Gasteiger partial charge is 0.162 e. The third kappa shape index (κ3) is 2.99. The molecular formula is C12H9Br2F2NS. The molecule has 96 valence electrons. The molecule has 2 N–H and O–H groups in total. The van der Waals surface area contributed by atoms with Crippen LogP contribution in [0.1, 0.15) is 16.5 Å². The molecule has 0 bridgehead atoms. The molecule has 0 saturated carbocycles. The highest BCUT2D eigenvalue weighted by atomic mass is 79.9. The number of benzene rings is 1.